The first-order valence-electron chi connectivity index (χ1n) is 5.54. The highest BCUT2D eigenvalue weighted by atomic mass is 79.9. The van der Waals surface area contributed by atoms with Crippen LogP contribution in [0, 0.1) is 5.41 Å². The largest absolute Gasteiger partial charge is 0.384 e. The smallest absolute Gasteiger partial charge is 0.122 e. The molecule has 0 amide bonds. The predicted octanol–water partition coefficient (Wildman–Crippen LogP) is 2.72. The van der Waals surface area contributed by atoms with E-state index in [9.17, 15) is 0 Å². The number of anilines is 1. The molecule has 1 aliphatic rings. The van der Waals surface area contributed by atoms with Gasteiger partial charge in [0.15, 0.2) is 0 Å². The van der Waals surface area contributed by atoms with Crippen molar-refractivity contribution in [2.45, 2.75) is 25.8 Å². The minimum Gasteiger partial charge on any atom is -0.384 e. The molecule has 0 atom stereocenters. The first-order chi connectivity index (χ1) is 7.63. The van der Waals surface area contributed by atoms with Gasteiger partial charge in [0.05, 0.1) is 5.69 Å². The maximum absolute atomic E-state index is 7.39. The van der Waals surface area contributed by atoms with Crippen LogP contribution in [-0.4, -0.2) is 18.4 Å². The van der Waals surface area contributed by atoms with Crippen molar-refractivity contribution in [1.29, 1.82) is 5.41 Å². The third-order valence-corrected chi connectivity index (χ3v) is 3.53. The van der Waals surface area contributed by atoms with Crippen LogP contribution >= 0.6 is 15.9 Å². The van der Waals surface area contributed by atoms with E-state index in [0.717, 1.165) is 16.6 Å². The molecule has 0 saturated heterocycles. The van der Waals surface area contributed by atoms with Gasteiger partial charge in [-0.2, -0.15) is 0 Å². The average Bonchev–Trinajstić information content (AvgIpc) is 3.05. The van der Waals surface area contributed by atoms with Crippen molar-refractivity contribution in [2.24, 2.45) is 5.73 Å². The molecule has 0 bridgehead atoms. The molecule has 0 spiro atoms. The van der Waals surface area contributed by atoms with Crippen LogP contribution in [0.25, 0.3) is 0 Å². The van der Waals surface area contributed by atoms with Crippen molar-refractivity contribution < 1.29 is 0 Å². The van der Waals surface area contributed by atoms with Gasteiger partial charge in [0, 0.05) is 22.6 Å². The van der Waals surface area contributed by atoms with E-state index < -0.39 is 0 Å². The maximum atomic E-state index is 7.39. The fourth-order valence-corrected chi connectivity index (χ4v) is 2.53. The van der Waals surface area contributed by atoms with E-state index >= 15 is 0 Å². The number of nitrogens with two attached hydrogens (primary N) is 1. The Morgan fingerprint density at radius 1 is 1.56 bits per heavy atom. The van der Waals surface area contributed by atoms with E-state index in [-0.39, 0.29) is 5.84 Å². The highest BCUT2D eigenvalue weighted by Gasteiger charge is 2.29. The van der Waals surface area contributed by atoms with E-state index in [1.807, 2.05) is 18.2 Å². The fraction of sp³-hybridized carbons (Fsp3) is 0.417. The Morgan fingerprint density at radius 3 is 2.69 bits per heavy atom. The SMILES string of the molecule is CCN(c1ccc(C(=N)N)cc1Br)C1CC1. The topological polar surface area (TPSA) is 53.1 Å². The van der Waals surface area contributed by atoms with Gasteiger partial charge in [-0.05, 0) is 53.9 Å². The van der Waals surface area contributed by atoms with Gasteiger partial charge in [-0.25, -0.2) is 0 Å². The van der Waals surface area contributed by atoms with Crippen molar-refractivity contribution in [2.75, 3.05) is 11.4 Å². The Labute approximate surface area is 104 Å². The standard InChI is InChI=1S/C12H16BrN3/c1-2-16(9-4-5-9)11-6-3-8(12(14)15)7-10(11)13/h3,6-7,9H,2,4-5H2,1H3,(H3,14,15). The third kappa shape index (κ3) is 2.21. The molecule has 0 aromatic heterocycles. The van der Waals surface area contributed by atoms with Gasteiger partial charge < -0.3 is 10.6 Å². The Kier molecular flexibility index (Phi) is 3.19. The minimum atomic E-state index is 0.113. The van der Waals surface area contributed by atoms with Gasteiger partial charge in [-0.1, -0.05) is 0 Å². The first kappa shape index (κ1) is 11.5. The van der Waals surface area contributed by atoms with Crippen molar-refractivity contribution in [3.63, 3.8) is 0 Å². The molecular weight excluding hydrogens is 266 g/mol. The van der Waals surface area contributed by atoms with E-state index in [0.29, 0.717) is 6.04 Å². The van der Waals surface area contributed by atoms with Gasteiger partial charge in [-0.15, -0.1) is 0 Å². The Balaban J connectivity index is 2.30. The van der Waals surface area contributed by atoms with Gasteiger partial charge in [0.1, 0.15) is 5.84 Å². The highest BCUT2D eigenvalue weighted by Crippen LogP contribution is 2.35. The summed E-state index contributed by atoms with van der Waals surface area (Å²) >= 11 is 3.56. The van der Waals surface area contributed by atoms with Crippen LogP contribution in [0.1, 0.15) is 25.3 Å². The molecule has 0 radical (unpaired) electrons. The van der Waals surface area contributed by atoms with Gasteiger partial charge in [0.25, 0.3) is 0 Å². The molecule has 1 aliphatic carbocycles. The van der Waals surface area contributed by atoms with E-state index in [4.69, 9.17) is 11.1 Å². The number of amidine groups is 1. The van der Waals surface area contributed by atoms with Gasteiger partial charge in [-0.3, -0.25) is 5.41 Å². The van der Waals surface area contributed by atoms with Crippen LogP contribution in [0.3, 0.4) is 0 Å². The summed E-state index contributed by atoms with van der Waals surface area (Å²) in [5.41, 5.74) is 7.43. The molecule has 2 rings (SSSR count). The summed E-state index contributed by atoms with van der Waals surface area (Å²) in [7, 11) is 0. The molecule has 1 saturated carbocycles. The molecule has 3 nitrogen and oxygen atoms in total. The van der Waals surface area contributed by atoms with Crippen LogP contribution in [0.15, 0.2) is 22.7 Å². The summed E-state index contributed by atoms with van der Waals surface area (Å²) in [6, 6.07) is 6.57. The van der Waals surface area contributed by atoms with E-state index in [1.165, 1.54) is 18.5 Å². The second-order valence-electron chi connectivity index (χ2n) is 4.10. The summed E-state index contributed by atoms with van der Waals surface area (Å²) < 4.78 is 1.02. The van der Waals surface area contributed by atoms with Crippen molar-refractivity contribution >= 4 is 27.5 Å². The highest BCUT2D eigenvalue weighted by molar-refractivity contribution is 9.10. The van der Waals surface area contributed by atoms with Crippen molar-refractivity contribution in [3.8, 4) is 0 Å². The second kappa shape index (κ2) is 4.45. The molecular formula is C12H16BrN3. The van der Waals surface area contributed by atoms with Crippen molar-refractivity contribution in [3.05, 3.63) is 28.2 Å². The maximum Gasteiger partial charge on any atom is 0.122 e. The molecule has 1 fully saturated rings. The Bertz CT molecular complexity index is 413. The zero-order valence-electron chi connectivity index (χ0n) is 9.33. The number of rotatable bonds is 4. The fourth-order valence-electron chi connectivity index (χ4n) is 1.92. The number of halogens is 1. The average molecular weight is 282 g/mol. The number of benzene rings is 1. The zero-order valence-corrected chi connectivity index (χ0v) is 10.9. The minimum absolute atomic E-state index is 0.113. The molecule has 3 N–H and O–H groups in total. The van der Waals surface area contributed by atoms with Crippen LogP contribution in [0.2, 0.25) is 0 Å². The Hall–Kier alpha value is -1.03. The summed E-state index contributed by atoms with van der Waals surface area (Å²) in [5, 5.41) is 7.39. The molecule has 0 heterocycles. The van der Waals surface area contributed by atoms with Crippen LogP contribution in [0.4, 0.5) is 5.69 Å². The lowest BCUT2D eigenvalue weighted by Gasteiger charge is -2.24. The number of hydrogen-bond acceptors (Lipinski definition) is 2. The predicted molar refractivity (Wildman–Crippen MR) is 71.2 cm³/mol. The molecule has 1 aromatic carbocycles. The third-order valence-electron chi connectivity index (χ3n) is 2.90. The lowest BCUT2D eigenvalue weighted by molar-refractivity contribution is 0.824. The van der Waals surface area contributed by atoms with Crippen LogP contribution < -0.4 is 10.6 Å². The first-order valence-corrected chi connectivity index (χ1v) is 6.33. The number of hydrogen-bond donors (Lipinski definition) is 2. The van der Waals surface area contributed by atoms with Crippen LogP contribution in [0.5, 0.6) is 0 Å². The second-order valence-corrected chi connectivity index (χ2v) is 4.95. The van der Waals surface area contributed by atoms with Crippen LogP contribution in [-0.2, 0) is 0 Å². The number of nitrogens with one attached hydrogen (secondary N) is 1. The molecule has 0 unspecified atom stereocenters. The Morgan fingerprint density at radius 2 is 2.25 bits per heavy atom. The van der Waals surface area contributed by atoms with Gasteiger partial charge in [0.2, 0.25) is 0 Å². The molecule has 4 heteroatoms. The molecule has 1 aromatic rings. The zero-order chi connectivity index (χ0) is 11.7. The number of nitrogen functional groups attached to an aromatic ring is 1. The molecule has 16 heavy (non-hydrogen) atoms. The quantitative estimate of drug-likeness (QED) is 0.659. The molecule has 86 valence electrons. The lowest BCUT2D eigenvalue weighted by Crippen LogP contribution is -2.25. The van der Waals surface area contributed by atoms with E-state index in [2.05, 4.69) is 27.8 Å². The molecule has 0 aliphatic heterocycles. The summed E-state index contributed by atoms with van der Waals surface area (Å²) in [6.07, 6.45) is 2.57. The summed E-state index contributed by atoms with van der Waals surface area (Å²) in [6.45, 7) is 3.19. The summed E-state index contributed by atoms with van der Waals surface area (Å²) in [5.74, 6) is 0.113. The monoisotopic (exact) mass is 281 g/mol. The summed E-state index contributed by atoms with van der Waals surface area (Å²) in [4.78, 5) is 2.40. The van der Waals surface area contributed by atoms with E-state index in [1.54, 1.807) is 0 Å². The lowest BCUT2D eigenvalue weighted by atomic mass is 10.2. The van der Waals surface area contributed by atoms with Crippen molar-refractivity contribution in [1.82, 2.24) is 0 Å². The van der Waals surface area contributed by atoms with Gasteiger partial charge >= 0.3 is 0 Å². The normalized spacial score (nSPS) is 14.9. The number of nitrogens with zero attached hydrogens (tertiary/aromatic N) is 1.